The monoisotopic (exact) mass is 274 g/mol. The highest BCUT2D eigenvalue weighted by atomic mass is 32.2. The van der Waals surface area contributed by atoms with Crippen molar-refractivity contribution in [3.63, 3.8) is 0 Å². The van der Waals surface area contributed by atoms with Gasteiger partial charge in [0, 0.05) is 5.75 Å². The lowest BCUT2D eigenvalue weighted by molar-refractivity contribution is 0.0469. The zero-order chi connectivity index (χ0) is 13.8. The molecule has 0 bridgehead atoms. The van der Waals surface area contributed by atoms with Crippen LogP contribution in [0.25, 0.3) is 0 Å². The van der Waals surface area contributed by atoms with E-state index in [1.807, 2.05) is 0 Å². The minimum atomic E-state index is -3.02. The molecule has 102 valence electrons. The zero-order valence-electron chi connectivity index (χ0n) is 10.7. The van der Waals surface area contributed by atoms with E-state index in [-0.39, 0.29) is 17.9 Å². The van der Waals surface area contributed by atoms with Crippen molar-refractivity contribution in [3.8, 4) is 0 Å². The second-order valence-corrected chi connectivity index (χ2v) is 7.10. The lowest BCUT2D eigenvalue weighted by Gasteiger charge is -2.23. The van der Waals surface area contributed by atoms with Crippen molar-refractivity contribution < 1.29 is 17.9 Å². The molecule has 0 aliphatic rings. The SMILES string of the molecule is CCS(=O)(=O)CCCC(C)(O)c1cccc(F)c1. The van der Waals surface area contributed by atoms with E-state index in [2.05, 4.69) is 0 Å². The van der Waals surface area contributed by atoms with Crippen LogP contribution in [0.3, 0.4) is 0 Å². The molecule has 1 aromatic carbocycles. The first-order valence-corrected chi connectivity index (χ1v) is 7.78. The van der Waals surface area contributed by atoms with Gasteiger partial charge in [0.25, 0.3) is 0 Å². The number of hydrogen-bond acceptors (Lipinski definition) is 3. The van der Waals surface area contributed by atoms with Gasteiger partial charge in [-0.1, -0.05) is 19.1 Å². The average molecular weight is 274 g/mol. The molecule has 0 fully saturated rings. The molecule has 1 aromatic rings. The largest absolute Gasteiger partial charge is 0.385 e. The molecule has 0 aromatic heterocycles. The predicted octanol–water partition coefficient (Wildman–Crippen LogP) is 2.25. The summed E-state index contributed by atoms with van der Waals surface area (Å²) >= 11 is 0. The normalized spacial score (nSPS) is 15.3. The van der Waals surface area contributed by atoms with Crippen molar-refractivity contribution in [2.75, 3.05) is 11.5 Å². The Balaban J connectivity index is 2.66. The van der Waals surface area contributed by atoms with Crippen molar-refractivity contribution in [2.24, 2.45) is 0 Å². The molecule has 0 spiro atoms. The third kappa shape index (κ3) is 4.38. The van der Waals surface area contributed by atoms with Crippen LogP contribution in [0.15, 0.2) is 24.3 Å². The Labute approximate surface area is 108 Å². The number of benzene rings is 1. The second kappa shape index (κ2) is 5.80. The molecule has 1 atom stereocenters. The maximum atomic E-state index is 13.1. The molecule has 1 N–H and O–H groups in total. The van der Waals surface area contributed by atoms with E-state index < -0.39 is 21.3 Å². The highest BCUT2D eigenvalue weighted by Gasteiger charge is 2.23. The first kappa shape index (κ1) is 15.1. The molecule has 0 aliphatic heterocycles. The summed E-state index contributed by atoms with van der Waals surface area (Å²) in [6.45, 7) is 3.17. The van der Waals surface area contributed by atoms with Crippen molar-refractivity contribution in [3.05, 3.63) is 35.6 Å². The maximum absolute atomic E-state index is 13.1. The van der Waals surface area contributed by atoms with Gasteiger partial charge in [-0.25, -0.2) is 12.8 Å². The molecule has 0 aliphatic carbocycles. The number of rotatable bonds is 6. The molecule has 18 heavy (non-hydrogen) atoms. The molecular weight excluding hydrogens is 255 g/mol. The van der Waals surface area contributed by atoms with Crippen LogP contribution in [0.5, 0.6) is 0 Å². The van der Waals surface area contributed by atoms with Gasteiger partial charge in [0.05, 0.1) is 11.4 Å². The van der Waals surface area contributed by atoms with E-state index in [0.29, 0.717) is 12.0 Å². The number of halogens is 1. The summed E-state index contributed by atoms with van der Waals surface area (Å²) in [5, 5.41) is 10.2. The summed E-state index contributed by atoms with van der Waals surface area (Å²) in [6.07, 6.45) is 0.648. The highest BCUT2D eigenvalue weighted by Crippen LogP contribution is 2.26. The Morgan fingerprint density at radius 3 is 2.61 bits per heavy atom. The number of hydrogen-bond donors (Lipinski definition) is 1. The van der Waals surface area contributed by atoms with Gasteiger partial charge in [-0.2, -0.15) is 0 Å². The van der Waals surface area contributed by atoms with Crippen molar-refractivity contribution >= 4 is 9.84 Å². The Hall–Kier alpha value is -0.940. The van der Waals surface area contributed by atoms with Crippen molar-refractivity contribution in [1.29, 1.82) is 0 Å². The maximum Gasteiger partial charge on any atom is 0.150 e. The Bertz CT molecular complexity index is 495. The number of aliphatic hydroxyl groups is 1. The summed E-state index contributed by atoms with van der Waals surface area (Å²) in [5.41, 5.74) is -0.734. The van der Waals surface area contributed by atoms with Gasteiger partial charge in [-0.15, -0.1) is 0 Å². The fourth-order valence-corrected chi connectivity index (χ4v) is 2.62. The van der Waals surface area contributed by atoms with Crippen LogP contribution in [0, 0.1) is 5.82 Å². The third-order valence-corrected chi connectivity index (χ3v) is 4.80. The van der Waals surface area contributed by atoms with Crippen molar-refractivity contribution in [1.82, 2.24) is 0 Å². The molecular formula is C13H19FO3S. The summed E-state index contributed by atoms with van der Waals surface area (Å²) in [4.78, 5) is 0. The third-order valence-electron chi connectivity index (χ3n) is 3.01. The Morgan fingerprint density at radius 2 is 2.06 bits per heavy atom. The Morgan fingerprint density at radius 1 is 1.39 bits per heavy atom. The predicted molar refractivity (Wildman–Crippen MR) is 69.5 cm³/mol. The smallest absolute Gasteiger partial charge is 0.150 e. The van der Waals surface area contributed by atoms with Gasteiger partial charge in [0.2, 0.25) is 0 Å². The fourth-order valence-electron chi connectivity index (χ4n) is 1.75. The first-order valence-electron chi connectivity index (χ1n) is 5.96. The van der Waals surface area contributed by atoms with Crippen LogP contribution in [-0.4, -0.2) is 25.0 Å². The molecule has 3 nitrogen and oxygen atoms in total. The quantitative estimate of drug-likeness (QED) is 0.865. The van der Waals surface area contributed by atoms with Crippen LogP contribution in [0.2, 0.25) is 0 Å². The second-order valence-electron chi connectivity index (χ2n) is 4.62. The van der Waals surface area contributed by atoms with E-state index in [4.69, 9.17) is 0 Å². The van der Waals surface area contributed by atoms with E-state index in [0.717, 1.165) is 0 Å². The van der Waals surface area contributed by atoms with Gasteiger partial charge < -0.3 is 5.11 Å². The molecule has 0 saturated heterocycles. The molecule has 5 heteroatoms. The summed E-state index contributed by atoms with van der Waals surface area (Å²) in [5.74, 6) is -0.252. The van der Waals surface area contributed by atoms with E-state index in [9.17, 15) is 17.9 Å². The zero-order valence-corrected chi connectivity index (χ0v) is 11.5. The molecule has 1 rings (SSSR count). The molecule has 0 saturated carbocycles. The first-order chi connectivity index (χ1) is 8.27. The van der Waals surface area contributed by atoms with Gasteiger partial charge in [-0.3, -0.25) is 0 Å². The highest BCUT2D eigenvalue weighted by molar-refractivity contribution is 7.91. The van der Waals surface area contributed by atoms with E-state index in [1.54, 1.807) is 19.9 Å². The van der Waals surface area contributed by atoms with Gasteiger partial charge in [0.1, 0.15) is 15.7 Å². The number of sulfone groups is 1. The van der Waals surface area contributed by atoms with Crippen LogP contribution in [-0.2, 0) is 15.4 Å². The van der Waals surface area contributed by atoms with Crippen molar-refractivity contribution in [2.45, 2.75) is 32.3 Å². The van der Waals surface area contributed by atoms with Crippen LogP contribution in [0.1, 0.15) is 32.3 Å². The standard InChI is InChI=1S/C13H19FO3S/c1-3-18(16,17)9-5-8-13(2,15)11-6-4-7-12(14)10-11/h4,6-7,10,15H,3,5,8-9H2,1-2H3. The van der Waals surface area contributed by atoms with E-state index >= 15 is 0 Å². The van der Waals surface area contributed by atoms with E-state index in [1.165, 1.54) is 18.2 Å². The lowest BCUT2D eigenvalue weighted by atomic mass is 9.91. The lowest BCUT2D eigenvalue weighted by Crippen LogP contribution is -2.22. The minimum absolute atomic E-state index is 0.0506. The van der Waals surface area contributed by atoms with Crippen LogP contribution >= 0.6 is 0 Å². The average Bonchev–Trinajstić information content (AvgIpc) is 2.28. The molecule has 0 heterocycles. The van der Waals surface area contributed by atoms with Crippen LogP contribution in [0.4, 0.5) is 4.39 Å². The van der Waals surface area contributed by atoms with Gasteiger partial charge in [0.15, 0.2) is 0 Å². The Kier molecular flexibility index (Phi) is 4.87. The van der Waals surface area contributed by atoms with Crippen LogP contribution < -0.4 is 0 Å². The summed E-state index contributed by atoms with van der Waals surface area (Å²) in [6, 6.07) is 5.74. The van der Waals surface area contributed by atoms with Gasteiger partial charge in [-0.05, 0) is 37.5 Å². The minimum Gasteiger partial charge on any atom is -0.385 e. The molecule has 0 radical (unpaired) electrons. The van der Waals surface area contributed by atoms with Gasteiger partial charge >= 0.3 is 0 Å². The molecule has 0 amide bonds. The summed E-state index contributed by atoms with van der Waals surface area (Å²) in [7, 11) is -3.02. The summed E-state index contributed by atoms with van der Waals surface area (Å²) < 4.78 is 35.7. The fraction of sp³-hybridized carbons (Fsp3) is 0.538. The molecule has 1 unspecified atom stereocenters. The topological polar surface area (TPSA) is 54.4 Å².